The van der Waals surface area contributed by atoms with Crippen LogP contribution in [0.3, 0.4) is 0 Å². The lowest BCUT2D eigenvalue weighted by molar-refractivity contribution is 0.398. The summed E-state index contributed by atoms with van der Waals surface area (Å²) in [7, 11) is -3.96. The number of unbranched alkanes of at least 4 members (excludes halogenated alkanes) is 2. The minimum absolute atomic E-state index is 0.194. The Kier molecular flexibility index (Phi) is 8.95. The summed E-state index contributed by atoms with van der Waals surface area (Å²) in [4.78, 5) is 0. The van der Waals surface area contributed by atoms with Crippen LogP contribution in [0.1, 0.15) is 50.7 Å². The fraction of sp³-hybridized carbons (Fsp3) is 0.500. The number of hydrogen-bond acceptors (Lipinski definition) is 4. The van der Waals surface area contributed by atoms with Gasteiger partial charge in [0.2, 0.25) is 0 Å². The molecule has 10 heteroatoms. The minimum atomic E-state index is -3.96. The average Bonchev–Trinajstić information content (AvgIpc) is 2.61. The number of halogens is 3. The Morgan fingerprint density at radius 2 is 1.38 bits per heavy atom. The van der Waals surface area contributed by atoms with Gasteiger partial charge in [-0.05, 0) is 12.8 Å². The monoisotopic (exact) mass is 436 g/mol. The van der Waals surface area contributed by atoms with Crippen LogP contribution in [0.2, 0.25) is 15.1 Å². The van der Waals surface area contributed by atoms with Crippen LogP contribution >= 0.6 is 34.8 Å². The van der Waals surface area contributed by atoms with Gasteiger partial charge in [0, 0.05) is 13.1 Å². The highest BCUT2D eigenvalue weighted by molar-refractivity contribution is 7.90. The third-order valence-electron chi connectivity index (χ3n) is 3.64. The predicted octanol–water partition coefficient (Wildman–Crippen LogP) is 4.95. The molecule has 0 fully saturated rings. The Bertz CT molecular complexity index is 837. The van der Waals surface area contributed by atoms with Gasteiger partial charge in [0.1, 0.15) is 12.1 Å². The topological polar surface area (TPSA) is 97.0 Å². The second-order valence-electron chi connectivity index (χ2n) is 5.50. The summed E-state index contributed by atoms with van der Waals surface area (Å²) in [6.07, 6.45) is 3.06. The first-order chi connectivity index (χ1) is 12.2. The van der Waals surface area contributed by atoms with Crippen molar-refractivity contribution in [1.82, 2.24) is 4.31 Å². The van der Waals surface area contributed by atoms with Crippen LogP contribution in [-0.2, 0) is 10.2 Å². The molecule has 1 N–H and O–H groups in total. The molecule has 1 aromatic rings. The highest BCUT2D eigenvalue weighted by Gasteiger charge is 2.27. The van der Waals surface area contributed by atoms with E-state index in [2.05, 4.69) is 4.72 Å². The maximum Gasteiger partial charge on any atom is 0.301 e. The maximum absolute atomic E-state index is 12.8. The molecular formula is C16H19Cl3N4O2S. The summed E-state index contributed by atoms with van der Waals surface area (Å²) in [6, 6.07) is 3.51. The highest BCUT2D eigenvalue weighted by atomic mass is 35.5. The molecule has 0 spiro atoms. The first kappa shape index (κ1) is 22.8. The molecule has 1 rings (SSSR count). The number of rotatable bonds is 9. The van der Waals surface area contributed by atoms with E-state index in [-0.39, 0.29) is 31.9 Å². The van der Waals surface area contributed by atoms with Crippen LogP contribution in [0.4, 0.5) is 5.69 Å². The summed E-state index contributed by atoms with van der Waals surface area (Å²) < 4.78 is 29.2. The molecule has 0 saturated heterocycles. The van der Waals surface area contributed by atoms with Crippen LogP contribution in [0.15, 0.2) is 0 Å². The zero-order valence-electron chi connectivity index (χ0n) is 14.4. The van der Waals surface area contributed by atoms with E-state index in [0.717, 1.165) is 12.8 Å². The molecular weight excluding hydrogens is 419 g/mol. The molecule has 0 heterocycles. The van der Waals surface area contributed by atoms with Crippen molar-refractivity contribution in [2.45, 2.75) is 39.5 Å². The van der Waals surface area contributed by atoms with E-state index in [1.807, 2.05) is 13.8 Å². The van der Waals surface area contributed by atoms with Crippen LogP contribution in [-0.4, -0.2) is 25.8 Å². The van der Waals surface area contributed by atoms with Gasteiger partial charge >= 0.3 is 10.2 Å². The van der Waals surface area contributed by atoms with Crippen molar-refractivity contribution < 1.29 is 8.42 Å². The molecule has 0 aliphatic rings. The smallest absolute Gasteiger partial charge is 0.268 e. The lowest BCUT2D eigenvalue weighted by Crippen LogP contribution is -2.37. The first-order valence-electron chi connectivity index (χ1n) is 8.03. The number of nitrogens with one attached hydrogen (secondary N) is 1. The van der Waals surface area contributed by atoms with Gasteiger partial charge < -0.3 is 0 Å². The molecule has 142 valence electrons. The summed E-state index contributed by atoms with van der Waals surface area (Å²) in [5, 5.41) is 17.7. The van der Waals surface area contributed by atoms with E-state index in [4.69, 9.17) is 40.1 Å². The molecule has 0 aliphatic carbocycles. The quantitative estimate of drug-likeness (QED) is 0.553. The number of benzene rings is 1. The van der Waals surface area contributed by atoms with E-state index >= 15 is 0 Å². The Labute approximate surface area is 169 Å². The molecule has 0 unspecified atom stereocenters. The van der Waals surface area contributed by atoms with Crippen molar-refractivity contribution in [3.05, 3.63) is 26.2 Å². The largest absolute Gasteiger partial charge is 0.301 e. The molecule has 0 bridgehead atoms. The van der Waals surface area contributed by atoms with E-state index in [1.54, 1.807) is 12.1 Å². The predicted molar refractivity (Wildman–Crippen MR) is 105 cm³/mol. The Morgan fingerprint density at radius 1 is 0.923 bits per heavy atom. The average molecular weight is 438 g/mol. The highest BCUT2D eigenvalue weighted by Crippen LogP contribution is 2.42. The molecule has 0 atom stereocenters. The Balaban J connectivity index is 3.38. The number of nitrogens with zero attached hydrogens (tertiary/aromatic N) is 3. The molecule has 0 amide bonds. The fourth-order valence-electron chi connectivity index (χ4n) is 2.17. The number of anilines is 1. The van der Waals surface area contributed by atoms with Gasteiger partial charge in [-0.1, -0.05) is 61.5 Å². The second-order valence-corrected chi connectivity index (χ2v) is 8.31. The third-order valence-corrected chi connectivity index (χ3v) is 6.38. The summed E-state index contributed by atoms with van der Waals surface area (Å²) in [6.45, 7) is 4.61. The SMILES string of the molecule is CCCCN(CCCC)S(=O)(=O)Nc1c(Cl)c(Cl)c(C#N)c(C#N)c1Cl. The third kappa shape index (κ3) is 5.16. The number of nitriles is 2. The fourth-order valence-corrected chi connectivity index (χ4v) is 4.41. The van der Waals surface area contributed by atoms with Gasteiger partial charge in [-0.3, -0.25) is 4.72 Å². The standard InChI is InChI=1S/C16H19Cl3N4O2S/c1-3-5-7-23(8-6-4-2)26(24,25)22-16-14(18)12(10-21)11(9-20)13(17)15(16)19/h22H,3-8H2,1-2H3. The van der Waals surface area contributed by atoms with Gasteiger partial charge in [-0.25, -0.2) is 0 Å². The lowest BCUT2D eigenvalue weighted by atomic mass is 10.1. The van der Waals surface area contributed by atoms with Crippen molar-refractivity contribution in [3.63, 3.8) is 0 Å². The minimum Gasteiger partial charge on any atom is -0.268 e. The number of hydrogen-bond donors (Lipinski definition) is 1. The van der Waals surface area contributed by atoms with E-state index < -0.39 is 10.2 Å². The van der Waals surface area contributed by atoms with Crippen molar-refractivity contribution in [2.75, 3.05) is 17.8 Å². The van der Waals surface area contributed by atoms with Gasteiger partial charge in [0.15, 0.2) is 0 Å². The van der Waals surface area contributed by atoms with Gasteiger partial charge in [-0.2, -0.15) is 23.2 Å². The van der Waals surface area contributed by atoms with E-state index in [9.17, 15) is 13.7 Å². The van der Waals surface area contributed by atoms with Crippen molar-refractivity contribution >= 4 is 50.7 Å². The van der Waals surface area contributed by atoms with Crippen LogP contribution < -0.4 is 4.72 Å². The maximum atomic E-state index is 12.8. The molecule has 6 nitrogen and oxygen atoms in total. The molecule has 0 saturated carbocycles. The normalized spacial score (nSPS) is 11.2. The summed E-state index contributed by atoms with van der Waals surface area (Å²) in [5.74, 6) is 0. The van der Waals surface area contributed by atoms with Crippen molar-refractivity contribution in [2.24, 2.45) is 0 Å². The molecule has 0 aromatic heterocycles. The van der Waals surface area contributed by atoms with E-state index in [0.29, 0.717) is 25.9 Å². The molecule has 0 radical (unpaired) electrons. The molecule has 1 aromatic carbocycles. The Hall–Kier alpha value is -1.22. The summed E-state index contributed by atoms with van der Waals surface area (Å²) in [5.41, 5.74) is -0.622. The van der Waals surface area contributed by atoms with Crippen molar-refractivity contribution in [3.8, 4) is 12.1 Å². The lowest BCUT2D eigenvalue weighted by Gasteiger charge is -2.24. The zero-order valence-corrected chi connectivity index (χ0v) is 17.5. The zero-order chi connectivity index (χ0) is 19.9. The Morgan fingerprint density at radius 3 is 1.81 bits per heavy atom. The molecule has 26 heavy (non-hydrogen) atoms. The van der Waals surface area contributed by atoms with Crippen LogP contribution in [0.5, 0.6) is 0 Å². The summed E-state index contributed by atoms with van der Waals surface area (Å²) >= 11 is 18.3. The van der Waals surface area contributed by atoms with Gasteiger partial charge in [-0.15, -0.1) is 0 Å². The van der Waals surface area contributed by atoms with E-state index in [1.165, 1.54) is 4.31 Å². The second kappa shape index (κ2) is 10.2. The van der Waals surface area contributed by atoms with Crippen LogP contribution in [0, 0.1) is 22.7 Å². The van der Waals surface area contributed by atoms with Crippen molar-refractivity contribution in [1.29, 1.82) is 10.5 Å². The first-order valence-corrected chi connectivity index (χ1v) is 10.6. The molecule has 0 aliphatic heterocycles. The van der Waals surface area contributed by atoms with Gasteiger partial charge in [0.25, 0.3) is 0 Å². The van der Waals surface area contributed by atoms with Crippen LogP contribution in [0.25, 0.3) is 0 Å². The van der Waals surface area contributed by atoms with Gasteiger partial charge in [0.05, 0.1) is 31.9 Å².